The zero-order valence-electron chi connectivity index (χ0n) is 7.00. The maximum Gasteiger partial charge on any atom is 0.228 e. The number of aromatic nitrogens is 3. The van der Waals surface area contributed by atoms with Crippen LogP contribution in [-0.2, 0) is 0 Å². The van der Waals surface area contributed by atoms with Crippen molar-refractivity contribution < 1.29 is 0 Å². The fourth-order valence-electron chi connectivity index (χ4n) is 0.714. The van der Waals surface area contributed by atoms with Gasteiger partial charge in [-0.2, -0.15) is 15.0 Å². The molecular formula is C6H11N5S. The molecule has 1 aromatic heterocycles. The van der Waals surface area contributed by atoms with Gasteiger partial charge in [-0.25, -0.2) is 0 Å². The summed E-state index contributed by atoms with van der Waals surface area (Å²) in [5, 5.41) is 6.20. The summed E-state index contributed by atoms with van der Waals surface area (Å²) in [6, 6.07) is 0. The van der Waals surface area contributed by atoms with Crippen molar-refractivity contribution in [2.45, 2.75) is 12.1 Å². The Hall–Kier alpha value is -1.04. The summed E-state index contributed by atoms with van der Waals surface area (Å²) in [5.41, 5.74) is 0. The van der Waals surface area contributed by atoms with Crippen LogP contribution in [0.15, 0.2) is 5.16 Å². The third-order valence-corrected chi connectivity index (χ3v) is 1.38. The summed E-state index contributed by atoms with van der Waals surface area (Å²) in [4.78, 5) is 11.9. The summed E-state index contributed by atoms with van der Waals surface area (Å²) in [5.74, 6) is 1.06. The molecule has 0 saturated carbocycles. The van der Waals surface area contributed by atoms with Crippen molar-refractivity contribution in [3.8, 4) is 0 Å². The van der Waals surface area contributed by atoms with Gasteiger partial charge in [0.15, 0.2) is 5.16 Å². The highest BCUT2D eigenvalue weighted by atomic mass is 32.1. The number of nitrogens with zero attached hydrogens (tertiary/aromatic N) is 3. The first-order valence-corrected chi connectivity index (χ1v) is 4.07. The summed E-state index contributed by atoms with van der Waals surface area (Å²) in [6.45, 7) is 2.75. The van der Waals surface area contributed by atoms with E-state index >= 15 is 0 Å². The van der Waals surface area contributed by atoms with Gasteiger partial charge in [-0.05, 0) is 6.92 Å². The van der Waals surface area contributed by atoms with Crippen LogP contribution in [0.2, 0.25) is 0 Å². The molecule has 0 amide bonds. The topological polar surface area (TPSA) is 62.7 Å². The minimum atomic E-state index is 0.408. The molecule has 1 aromatic rings. The molecule has 66 valence electrons. The van der Waals surface area contributed by atoms with Gasteiger partial charge in [0.25, 0.3) is 0 Å². The Labute approximate surface area is 76.4 Å². The Morgan fingerprint density at radius 3 is 2.50 bits per heavy atom. The average Bonchev–Trinajstić information content (AvgIpc) is 2.04. The molecule has 0 fully saturated rings. The van der Waals surface area contributed by atoms with Gasteiger partial charge in [0.1, 0.15) is 0 Å². The van der Waals surface area contributed by atoms with Crippen LogP contribution < -0.4 is 10.6 Å². The Balaban J connectivity index is 2.90. The van der Waals surface area contributed by atoms with Gasteiger partial charge in [-0.15, -0.1) is 12.6 Å². The van der Waals surface area contributed by atoms with Gasteiger partial charge in [-0.3, -0.25) is 0 Å². The lowest BCUT2D eigenvalue weighted by atomic mass is 10.7. The van der Waals surface area contributed by atoms with Crippen molar-refractivity contribution in [2.75, 3.05) is 24.2 Å². The molecule has 2 N–H and O–H groups in total. The Bertz CT molecular complexity index is 264. The Kier molecular flexibility index (Phi) is 3.09. The van der Waals surface area contributed by atoms with Crippen molar-refractivity contribution >= 4 is 24.5 Å². The second-order valence-electron chi connectivity index (χ2n) is 2.06. The van der Waals surface area contributed by atoms with Crippen molar-refractivity contribution in [2.24, 2.45) is 0 Å². The molecule has 0 radical (unpaired) electrons. The van der Waals surface area contributed by atoms with Gasteiger partial charge in [0.2, 0.25) is 11.9 Å². The fraction of sp³-hybridized carbons (Fsp3) is 0.500. The van der Waals surface area contributed by atoms with E-state index in [2.05, 4.69) is 38.2 Å². The monoisotopic (exact) mass is 185 g/mol. The maximum absolute atomic E-state index is 4.05. The minimum absolute atomic E-state index is 0.408. The van der Waals surface area contributed by atoms with Gasteiger partial charge in [0.05, 0.1) is 0 Å². The normalized spacial score (nSPS) is 9.58. The van der Waals surface area contributed by atoms with E-state index in [4.69, 9.17) is 0 Å². The van der Waals surface area contributed by atoms with Crippen LogP contribution in [-0.4, -0.2) is 28.5 Å². The molecule has 0 aliphatic rings. The van der Waals surface area contributed by atoms with Crippen LogP contribution >= 0.6 is 12.6 Å². The number of hydrogen-bond acceptors (Lipinski definition) is 6. The van der Waals surface area contributed by atoms with E-state index < -0.39 is 0 Å². The second-order valence-corrected chi connectivity index (χ2v) is 2.46. The van der Waals surface area contributed by atoms with E-state index in [1.807, 2.05) is 6.92 Å². The van der Waals surface area contributed by atoms with Crippen LogP contribution in [0, 0.1) is 0 Å². The first-order chi connectivity index (χ1) is 5.76. The minimum Gasteiger partial charge on any atom is -0.357 e. The van der Waals surface area contributed by atoms with Crippen LogP contribution in [0.4, 0.5) is 11.9 Å². The number of thiol groups is 1. The first kappa shape index (κ1) is 9.05. The summed E-state index contributed by atoms with van der Waals surface area (Å²) in [7, 11) is 1.75. The molecule has 0 saturated heterocycles. The van der Waals surface area contributed by atoms with Gasteiger partial charge < -0.3 is 10.6 Å². The highest BCUT2D eigenvalue weighted by Gasteiger charge is 2.00. The lowest BCUT2D eigenvalue weighted by molar-refractivity contribution is 0.908. The van der Waals surface area contributed by atoms with Gasteiger partial charge in [0, 0.05) is 13.6 Å². The SMILES string of the molecule is CCNc1nc(S)nc(NC)n1. The summed E-state index contributed by atoms with van der Waals surface area (Å²) < 4.78 is 0. The maximum atomic E-state index is 4.05. The van der Waals surface area contributed by atoms with Crippen molar-refractivity contribution in [3.63, 3.8) is 0 Å². The molecule has 0 bridgehead atoms. The zero-order valence-corrected chi connectivity index (χ0v) is 7.89. The highest BCUT2D eigenvalue weighted by molar-refractivity contribution is 7.80. The molecule has 1 heterocycles. The van der Waals surface area contributed by atoms with Gasteiger partial charge in [-0.1, -0.05) is 0 Å². The van der Waals surface area contributed by atoms with Crippen molar-refractivity contribution in [1.29, 1.82) is 0 Å². The van der Waals surface area contributed by atoms with Crippen molar-refractivity contribution in [1.82, 2.24) is 15.0 Å². The zero-order chi connectivity index (χ0) is 8.97. The number of rotatable bonds is 3. The first-order valence-electron chi connectivity index (χ1n) is 3.63. The Morgan fingerprint density at radius 1 is 1.25 bits per heavy atom. The Morgan fingerprint density at radius 2 is 1.92 bits per heavy atom. The average molecular weight is 185 g/mol. The summed E-state index contributed by atoms with van der Waals surface area (Å²) >= 11 is 4.03. The number of hydrogen-bond donors (Lipinski definition) is 3. The van der Waals surface area contributed by atoms with Crippen LogP contribution in [0.5, 0.6) is 0 Å². The molecule has 0 aliphatic carbocycles. The van der Waals surface area contributed by atoms with E-state index in [0.717, 1.165) is 6.54 Å². The highest BCUT2D eigenvalue weighted by Crippen LogP contribution is 2.06. The number of nitrogens with one attached hydrogen (secondary N) is 2. The lowest BCUT2D eigenvalue weighted by Gasteiger charge is -2.03. The molecular weight excluding hydrogens is 174 g/mol. The molecule has 0 aromatic carbocycles. The van der Waals surface area contributed by atoms with E-state index in [-0.39, 0.29) is 0 Å². The smallest absolute Gasteiger partial charge is 0.228 e. The van der Waals surface area contributed by atoms with E-state index in [9.17, 15) is 0 Å². The molecule has 6 heteroatoms. The van der Waals surface area contributed by atoms with Crippen LogP contribution in [0.25, 0.3) is 0 Å². The van der Waals surface area contributed by atoms with E-state index in [1.165, 1.54) is 0 Å². The summed E-state index contributed by atoms with van der Waals surface area (Å²) in [6.07, 6.45) is 0. The molecule has 0 spiro atoms. The largest absolute Gasteiger partial charge is 0.357 e. The molecule has 1 rings (SSSR count). The van der Waals surface area contributed by atoms with Crippen molar-refractivity contribution in [3.05, 3.63) is 0 Å². The molecule has 0 atom stereocenters. The standard InChI is InChI=1S/C6H11N5S/c1-3-8-5-9-4(7-2)10-6(12)11-5/h3H2,1-2H3,(H3,7,8,9,10,11,12). The van der Waals surface area contributed by atoms with Crippen LogP contribution in [0.1, 0.15) is 6.92 Å². The second kappa shape index (κ2) is 4.10. The molecule has 5 nitrogen and oxygen atoms in total. The predicted molar refractivity (Wildman–Crippen MR) is 50.8 cm³/mol. The fourth-order valence-corrected chi connectivity index (χ4v) is 0.903. The third-order valence-electron chi connectivity index (χ3n) is 1.18. The molecule has 0 unspecified atom stereocenters. The van der Waals surface area contributed by atoms with E-state index in [1.54, 1.807) is 7.05 Å². The molecule has 0 aliphatic heterocycles. The number of anilines is 2. The predicted octanol–water partition coefficient (Wildman–Crippen LogP) is 0.634. The van der Waals surface area contributed by atoms with E-state index in [0.29, 0.717) is 17.1 Å². The molecule has 12 heavy (non-hydrogen) atoms. The quantitative estimate of drug-likeness (QED) is 0.603. The lowest BCUT2D eigenvalue weighted by Crippen LogP contribution is -2.06. The van der Waals surface area contributed by atoms with Gasteiger partial charge >= 0.3 is 0 Å². The third kappa shape index (κ3) is 2.23. The van der Waals surface area contributed by atoms with Crippen LogP contribution in [0.3, 0.4) is 0 Å².